The molecule has 0 fully saturated rings. The van der Waals surface area contributed by atoms with Crippen molar-refractivity contribution in [3.63, 3.8) is 0 Å². The molecule has 3 rings (SSSR count). The number of aryl methyl sites for hydroxylation is 1. The first kappa shape index (κ1) is 23.6. The van der Waals surface area contributed by atoms with E-state index >= 15 is 0 Å². The summed E-state index contributed by atoms with van der Waals surface area (Å²) in [5.41, 5.74) is 2.51. The number of aromatic nitrogens is 2. The van der Waals surface area contributed by atoms with Gasteiger partial charge in [0, 0.05) is 37.6 Å². The third kappa shape index (κ3) is 5.41. The minimum absolute atomic E-state index is 0.101. The van der Waals surface area contributed by atoms with Crippen molar-refractivity contribution in [1.82, 2.24) is 14.9 Å². The van der Waals surface area contributed by atoms with Crippen molar-refractivity contribution in [2.75, 3.05) is 7.05 Å². The fraction of sp³-hybridized carbons (Fsp3) is 0.240. The smallest absolute Gasteiger partial charge is 0.345 e. The number of aromatic hydroxyl groups is 1. The SMILES string of the molecule is CC(=O)N(C)C(C)CC(=N)C(=O)c1cccc(-c2cc(-c3ccc(O)c(C)c3)nc(=O)[nH]2)c1. The van der Waals surface area contributed by atoms with Crippen LogP contribution in [0.1, 0.15) is 36.2 Å². The van der Waals surface area contributed by atoms with Gasteiger partial charge in [-0.15, -0.1) is 0 Å². The summed E-state index contributed by atoms with van der Waals surface area (Å²) < 4.78 is 0. The monoisotopic (exact) mass is 446 g/mol. The van der Waals surface area contributed by atoms with Gasteiger partial charge in [-0.1, -0.05) is 18.2 Å². The van der Waals surface area contributed by atoms with Gasteiger partial charge in [0.2, 0.25) is 11.7 Å². The number of carbonyl (C=O) groups is 2. The molecule has 0 saturated heterocycles. The van der Waals surface area contributed by atoms with Crippen LogP contribution < -0.4 is 5.69 Å². The van der Waals surface area contributed by atoms with E-state index in [-0.39, 0.29) is 29.8 Å². The molecule has 8 heteroatoms. The van der Waals surface area contributed by atoms with Crippen molar-refractivity contribution < 1.29 is 14.7 Å². The molecule has 1 unspecified atom stereocenters. The summed E-state index contributed by atoms with van der Waals surface area (Å²) in [4.78, 5) is 44.8. The number of phenols is 1. The Morgan fingerprint density at radius 1 is 1.15 bits per heavy atom. The molecule has 8 nitrogen and oxygen atoms in total. The first-order valence-corrected chi connectivity index (χ1v) is 10.4. The highest BCUT2D eigenvalue weighted by molar-refractivity contribution is 6.45. The van der Waals surface area contributed by atoms with Gasteiger partial charge >= 0.3 is 5.69 Å². The molecule has 170 valence electrons. The van der Waals surface area contributed by atoms with Crippen LogP contribution in [0.2, 0.25) is 0 Å². The van der Waals surface area contributed by atoms with Crippen LogP contribution in [-0.4, -0.2) is 50.5 Å². The molecule has 0 radical (unpaired) electrons. The van der Waals surface area contributed by atoms with Gasteiger partial charge < -0.3 is 20.4 Å². The number of H-pyrrole nitrogens is 1. The summed E-state index contributed by atoms with van der Waals surface area (Å²) in [6.07, 6.45) is 0.135. The molecule has 1 atom stereocenters. The zero-order valence-electron chi connectivity index (χ0n) is 19.0. The minimum atomic E-state index is -0.543. The van der Waals surface area contributed by atoms with Crippen LogP contribution in [0.5, 0.6) is 5.75 Å². The molecule has 3 aromatic rings. The quantitative estimate of drug-likeness (QED) is 0.378. The second-order valence-electron chi connectivity index (χ2n) is 8.06. The summed E-state index contributed by atoms with van der Waals surface area (Å²) in [6.45, 7) is 4.98. The number of hydrogen-bond donors (Lipinski definition) is 3. The van der Waals surface area contributed by atoms with E-state index < -0.39 is 11.5 Å². The van der Waals surface area contributed by atoms with Gasteiger partial charge in [0.05, 0.1) is 17.1 Å². The third-order valence-corrected chi connectivity index (χ3v) is 5.60. The van der Waals surface area contributed by atoms with E-state index in [4.69, 9.17) is 5.41 Å². The van der Waals surface area contributed by atoms with Crippen LogP contribution in [-0.2, 0) is 4.79 Å². The fourth-order valence-corrected chi connectivity index (χ4v) is 3.41. The summed E-state index contributed by atoms with van der Waals surface area (Å²) in [7, 11) is 1.64. The molecular weight excluding hydrogens is 420 g/mol. The van der Waals surface area contributed by atoms with E-state index in [1.165, 1.54) is 11.8 Å². The highest BCUT2D eigenvalue weighted by Crippen LogP contribution is 2.26. The number of carbonyl (C=O) groups excluding carboxylic acids is 2. The lowest BCUT2D eigenvalue weighted by Crippen LogP contribution is -2.36. The predicted octanol–water partition coefficient (Wildman–Crippen LogP) is 3.58. The topological polar surface area (TPSA) is 127 Å². The molecule has 1 amide bonds. The van der Waals surface area contributed by atoms with Gasteiger partial charge in [-0.25, -0.2) is 4.79 Å². The molecule has 0 saturated carbocycles. The van der Waals surface area contributed by atoms with Crippen LogP contribution in [0.25, 0.3) is 22.5 Å². The number of aromatic amines is 1. The van der Waals surface area contributed by atoms with Crippen molar-refractivity contribution >= 4 is 17.4 Å². The van der Waals surface area contributed by atoms with Crippen molar-refractivity contribution in [2.45, 2.75) is 33.2 Å². The average Bonchev–Trinajstić information content (AvgIpc) is 2.79. The Labute approximate surface area is 191 Å². The highest BCUT2D eigenvalue weighted by atomic mass is 16.3. The predicted molar refractivity (Wildman–Crippen MR) is 127 cm³/mol. The summed E-state index contributed by atoms with van der Waals surface area (Å²) in [5.74, 6) is -0.418. The maximum atomic E-state index is 12.8. The second kappa shape index (κ2) is 9.60. The normalized spacial score (nSPS) is 11.6. The van der Waals surface area contributed by atoms with Gasteiger partial charge in [0.1, 0.15) is 5.75 Å². The Hall–Kier alpha value is -4.07. The number of hydrogen-bond acceptors (Lipinski definition) is 6. The lowest BCUT2D eigenvalue weighted by atomic mass is 9.98. The molecule has 1 heterocycles. The Balaban J connectivity index is 1.90. The van der Waals surface area contributed by atoms with Crippen LogP contribution in [0.3, 0.4) is 0 Å². The lowest BCUT2D eigenvalue weighted by molar-refractivity contribution is -0.129. The molecule has 3 N–H and O–H groups in total. The highest BCUT2D eigenvalue weighted by Gasteiger charge is 2.20. The Kier molecular flexibility index (Phi) is 6.86. The van der Waals surface area contributed by atoms with Gasteiger partial charge in [-0.2, -0.15) is 4.98 Å². The van der Waals surface area contributed by atoms with Gasteiger partial charge in [0.15, 0.2) is 0 Å². The van der Waals surface area contributed by atoms with Crippen molar-refractivity contribution in [2.24, 2.45) is 0 Å². The van der Waals surface area contributed by atoms with E-state index in [0.717, 1.165) is 0 Å². The second-order valence-corrected chi connectivity index (χ2v) is 8.06. The zero-order valence-corrected chi connectivity index (χ0v) is 19.0. The maximum Gasteiger partial charge on any atom is 0.345 e. The number of ketones is 1. The van der Waals surface area contributed by atoms with Crippen LogP contribution >= 0.6 is 0 Å². The maximum absolute atomic E-state index is 12.8. The van der Waals surface area contributed by atoms with E-state index in [9.17, 15) is 19.5 Å². The molecule has 33 heavy (non-hydrogen) atoms. The Morgan fingerprint density at radius 3 is 2.55 bits per heavy atom. The molecule has 2 aromatic carbocycles. The van der Waals surface area contributed by atoms with E-state index in [1.54, 1.807) is 69.4 Å². The number of phenolic OH excluding ortho intramolecular Hbond substituents is 1. The number of nitrogens with one attached hydrogen (secondary N) is 2. The molecule has 0 bridgehead atoms. The van der Waals surface area contributed by atoms with Crippen molar-refractivity contribution in [3.8, 4) is 28.3 Å². The summed E-state index contributed by atoms with van der Waals surface area (Å²) in [6, 6.07) is 13.0. The average molecular weight is 447 g/mol. The first-order valence-electron chi connectivity index (χ1n) is 10.4. The van der Waals surface area contributed by atoms with Crippen LogP contribution in [0, 0.1) is 12.3 Å². The molecule has 1 aromatic heterocycles. The molecule has 0 aliphatic carbocycles. The largest absolute Gasteiger partial charge is 0.508 e. The first-order chi connectivity index (χ1) is 15.6. The Morgan fingerprint density at radius 2 is 1.88 bits per heavy atom. The summed E-state index contributed by atoms with van der Waals surface area (Å²) in [5, 5.41) is 18.0. The fourth-order valence-electron chi connectivity index (χ4n) is 3.41. The summed E-state index contributed by atoms with van der Waals surface area (Å²) >= 11 is 0. The Bertz CT molecular complexity index is 1300. The van der Waals surface area contributed by atoms with Crippen molar-refractivity contribution in [3.05, 3.63) is 70.1 Å². The van der Waals surface area contributed by atoms with E-state index in [2.05, 4.69) is 9.97 Å². The number of nitrogens with zero attached hydrogens (tertiary/aromatic N) is 2. The van der Waals surface area contributed by atoms with E-state index in [1.807, 2.05) is 0 Å². The number of rotatable bonds is 7. The zero-order chi connectivity index (χ0) is 24.3. The standard InChI is InChI=1S/C25H26N4O4/c1-14-10-18(8-9-23(14)31)22-13-21(27-25(33)28-22)17-6-5-7-19(12-17)24(32)20(26)11-15(2)29(4)16(3)30/h5-10,12-13,15,26,31H,11H2,1-4H3,(H,27,28,33). The van der Waals surface area contributed by atoms with Crippen molar-refractivity contribution in [1.29, 1.82) is 5.41 Å². The third-order valence-electron chi connectivity index (χ3n) is 5.60. The number of amides is 1. The lowest BCUT2D eigenvalue weighted by Gasteiger charge is -2.23. The molecule has 0 spiro atoms. The van der Waals surface area contributed by atoms with Crippen LogP contribution in [0.15, 0.2) is 53.3 Å². The van der Waals surface area contributed by atoms with E-state index in [0.29, 0.717) is 33.6 Å². The molecule has 0 aliphatic rings. The van der Waals surface area contributed by atoms with Gasteiger partial charge in [-0.05, 0) is 55.3 Å². The minimum Gasteiger partial charge on any atom is -0.508 e. The molecule has 0 aliphatic heterocycles. The molecular formula is C25H26N4O4. The number of Topliss-reactive ketones (excluding diaryl/α,β-unsaturated/α-hetero) is 1. The van der Waals surface area contributed by atoms with Crippen LogP contribution in [0.4, 0.5) is 0 Å². The van der Waals surface area contributed by atoms with Gasteiger partial charge in [0.25, 0.3) is 0 Å². The number of benzene rings is 2. The van der Waals surface area contributed by atoms with Gasteiger partial charge in [-0.3, -0.25) is 9.59 Å².